The minimum absolute atomic E-state index is 0.160. The summed E-state index contributed by atoms with van der Waals surface area (Å²) in [5, 5.41) is 51.2. The average Bonchev–Trinajstić information content (AvgIpc) is 3.74. The van der Waals surface area contributed by atoms with Gasteiger partial charge in [-0.25, -0.2) is 0 Å². The fraction of sp³-hybridized carbons (Fsp3) is 0.0152. The predicted octanol–water partition coefficient (Wildman–Crippen LogP) is 12.6. The highest BCUT2D eigenvalue weighted by molar-refractivity contribution is 8.01. The second-order valence-electron chi connectivity index (χ2n) is 17.6. The number of amides is 1. The number of anilines is 1. The van der Waals surface area contributed by atoms with Crippen LogP contribution in [0.1, 0.15) is 32.6 Å². The molecule has 0 heterocycles. The molecule has 1 aliphatic rings. The smallest absolute Gasteiger partial charge is 0.255 e. The van der Waals surface area contributed by atoms with Gasteiger partial charge < -0.3 is 25.7 Å². The first-order valence-electron chi connectivity index (χ1n) is 24.0. The van der Waals surface area contributed by atoms with Crippen molar-refractivity contribution in [3.05, 3.63) is 307 Å². The lowest BCUT2D eigenvalue weighted by molar-refractivity contribution is -0.268. The topological polar surface area (TPSA) is 113 Å². The van der Waals surface area contributed by atoms with Gasteiger partial charge in [-0.2, -0.15) is 0 Å². The zero-order valence-corrected chi connectivity index (χ0v) is 40.6. The highest BCUT2D eigenvalue weighted by Crippen LogP contribution is 2.57. The van der Waals surface area contributed by atoms with Crippen LogP contribution in [-0.4, -0.2) is 21.2 Å². The summed E-state index contributed by atoms with van der Waals surface area (Å²) in [5.74, 6) is 0.142. The monoisotopic (exact) mass is 967 g/mol. The summed E-state index contributed by atoms with van der Waals surface area (Å²) >= 11 is 0. The van der Waals surface area contributed by atoms with Crippen molar-refractivity contribution in [3.63, 3.8) is 0 Å². The van der Waals surface area contributed by atoms with Crippen molar-refractivity contribution in [2.75, 3.05) is 5.32 Å². The normalized spacial score (nSPS) is 11.9. The number of para-hydroxylation sites is 1. The Balaban J connectivity index is 0.000000127. The summed E-state index contributed by atoms with van der Waals surface area (Å²) in [7, 11) is -2.04. The molecule has 0 aromatic heterocycles. The molecule has 0 radical (unpaired) electrons. The number of carbonyl (C=O) groups excluding carboxylic acids is 1. The molecule has 11 aromatic carbocycles. The second kappa shape index (κ2) is 21.0. The van der Waals surface area contributed by atoms with Crippen molar-refractivity contribution in [3.8, 4) is 34.1 Å². The van der Waals surface area contributed by atoms with Gasteiger partial charge in [-0.15, -0.1) is 0 Å². The Morgan fingerprint density at radius 3 is 1.16 bits per heavy atom. The number of fused-ring (bicyclic) bond motifs is 4. The standard InChI is InChI=1S/C25H18O2.C24H19OP.C17H13NO2/c26-19-13-9-17(10-14-19)25(18-11-15-20(27)16-12-18)23-7-3-1-5-21(23)22-6-2-4-8-24(22)25;25-20-16-18-24(19-17-20)26(21-10-4-1-5-11-21,22-12-6-2-7-13-22)23-14-8-3-9-15-23;19-16-11-13-7-5-4-6-12(13)10-15(16)17(20)18-14-8-2-1-3-9-14/h1-16,26-27H;1-19H;1-11,19H,(H,18,20). The van der Waals surface area contributed by atoms with Gasteiger partial charge in [0, 0.05) is 11.3 Å². The summed E-state index contributed by atoms with van der Waals surface area (Å²) in [6, 6.07) is 91.4. The average molecular weight is 968 g/mol. The maximum absolute atomic E-state index is 12.2. The number of phenolic OH excluding ortho intramolecular Hbond substituents is 3. The van der Waals surface area contributed by atoms with Crippen LogP contribution in [0.5, 0.6) is 23.0 Å². The third-order valence-electron chi connectivity index (χ3n) is 13.3. The molecule has 12 rings (SSSR count). The van der Waals surface area contributed by atoms with Crippen LogP contribution in [0.15, 0.2) is 279 Å². The van der Waals surface area contributed by atoms with Crippen LogP contribution in [-0.2, 0) is 5.41 Å². The van der Waals surface area contributed by atoms with Crippen LogP contribution in [0, 0.1) is 0 Å². The number of aromatic hydroxyl groups is 3. The van der Waals surface area contributed by atoms with Crippen LogP contribution in [0.3, 0.4) is 0 Å². The van der Waals surface area contributed by atoms with Gasteiger partial charge in [-0.1, -0.05) is 182 Å². The number of benzene rings is 11. The largest absolute Gasteiger partial charge is 0.872 e. The maximum Gasteiger partial charge on any atom is 0.255 e. The van der Waals surface area contributed by atoms with Gasteiger partial charge in [0.25, 0.3) is 5.91 Å². The van der Waals surface area contributed by atoms with Crippen LogP contribution in [0.4, 0.5) is 5.69 Å². The molecule has 0 aliphatic heterocycles. The van der Waals surface area contributed by atoms with Crippen LogP contribution >= 0.6 is 7.26 Å². The summed E-state index contributed by atoms with van der Waals surface area (Å²) in [5.41, 5.74) is 7.37. The second-order valence-corrected chi connectivity index (χ2v) is 21.1. The Kier molecular flexibility index (Phi) is 13.7. The lowest BCUT2D eigenvalue weighted by Gasteiger charge is -2.33. The van der Waals surface area contributed by atoms with Crippen LogP contribution in [0.25, 0.3) is 21.9 Å². The predicted molar refractivity (Wildman–Crippen MR) is 298 cm³/mol. The number of nitrogens with one attached hydrogen (secondary N) is 1. The Morgan fingerprint density at radius 2 is 0.726 bits per heavy atom. The number of hydrogen-bond donors (Lipinski definition) is 4. The van der Waals surface area contributed by atoms with Gasteiger partial charge in [0.15, 0.2) is 0 Å². The highest BCUT2D eigenvalue weighted by Gasteiger charge is 2.48. The van der Waals surface area contributed by atoms with E-state index in [2.05, 4.69) is 157 Å². The first kappa shape index (κ1) is 47.5. The summed E-state index contributed by atoms with van der Waals surface area (Å²) in [6.07, 6.45) is 0. The Morgan fingerprint density at radius 1 is 0.384 bits per heavy atom. The number of hydrogen-bond acceptors (Lipinski definition) is 5. The number of rotatable bonds is 8. The molecule has 7 heteroatoms. The Labute approximate surface area is 425 Å². The highest BCUT2D eigenvalue weighted by atomic mass is 31.2. The SMILES string of the molecule is O=C(Nc1ccccc1)c1cc2ccccc2cc1[O-].Oc1ccc(C2(c3ccc(O)cc3)c3ccccc3-c3ccccc32)cc1.Oc1ccc([P+](c2ccccc2)(c2ccccc2)c2ccccc2)cc1. The summed E-state index contributed by atoms with van der Waals surface area (Å²) < 4.78 is 0. The number of phenols is 3. The number of carbonyl (C=O) groups is 1. The van der Waals surface area contributed by atoms with E-state index >= 15 is 0 Å². The fourth-order valence-electron chi connectivity index (χ4n) is 10.1. The molecule has 0 unspecified atom stereocenters. The Bertz CT molecular complexity index is 3440. The van der Waals surface area contributed by atoms with E-state index < -0.39 is 12.7 Å². The lowest BCUT2D eigenvalue weighted by Crippen LogP contribution is -2.38. The van der Waals surface area contributed by atoms with Crippen molar-refractivity contribution in [2.24, 2.45) is 0 Å². The van der Waals surface area contributed by atoms with E-state index in [4.69, 9.17) is 0 Å². The van der Waals surface area contributed by atoms with Gasteiger partial charge in [0.05, 0.1) is 5.41 Å². The molecule has 1 aliphatic carbocycles. The molecule has 0 atom stereocenters. The minimum atomic E-state index is -2.04. The zero-order valence-electron chi connectivity index (χ0n) is 39.7. The quantitative estimate of drug-likeness (QED) is 0.113. The van der Waals surface area contributed by atoms with Crippen molar-refractivity contribution in [1.82, 2.24) is 0 Å². The third kappa shape index (κ3) is 9.32. The molecule has 0 spiro atoms. The van der Waals surface area contributed by atoms with Gasteiger partial charge in [-0.3, -0.25) is 4.79 Å². The molecule has 354 valence electrons. The van der Waals surface area contributed by atoms with Gasteiger partial charge in [0.1, 0.15) is 45.7 Å². The molecule has 0 saturated heterocycles. The molecule has 11 aromatic rings. The molecule has 0 saturated carbocycles. The van der Waals surface area contributed by atoms with E-state index in [0.29, 0.717) is 11.4 Å². The lowest BCUT2D eigenvalue weighted by atomic mass is 9.68. The van der Waals surface area contributed by atoms with Crippen molar-refractivity contribution in [2.45, 2.75) is 5.41 Å². The molecule has 0 fully saturated rings. The van der Waals surface area contributed by atoms with Gasteiger partial charge in [-0.05, 0) is 147 Å². The van der Waals surface area contributed by atoms with Gasteiger partial charge >= 0.3 is 0 Å². The third-order valence-corrected chi connectivity index (χ3v) is 17.6. The summed E-state index contributed by atoms with van der Waals surface area (Å²) in [4.78, 5) is 12.2. The first-order valence-corrected chi connectivity index (χ1v) is 25.8. The van der Waals surface area contributed by atoms with E-state index in [1.165, 1.54) is 49.5 Å². The van der Waals surface area contributed by atoms with E-state index in [9.17, 15) is 25.2 Å². The van der Waals surface area contributed by atoms with Crippen molar-refractivity contribution < 1.29 is 25.2 Å². The van der Waals surface area contributed by atoms with Crippen LogP contribution < -0.4 is 31.6 Å². The van der Waals surface area contributed by atoms with Crippen molar-refractivity contribution >= 4 is 50.8 Å². The van der Waals surface area contributed by atoms with E-state index in [1.54, 1.807) is 54.6 Å². The Hall–Kier alpha value is -9.22. The van der Waals surface area contributed by atoms with E-state index in [-0.39, 0.29) is 28.7 Å². The fourth-order valence-corrected chi connectivity index (χ4v) is 14.3. The molecular formula is C66H50NO5P. The molecule has 4 N–H and O–H groups in total. The summed E-state index contributed by atoms with van der Waals surface area (Å²) in [6.45, 7) is 0. The molecular weight excluding hydrogens is 918 g/mol. The van der Waals surface area contributed by atoms with Crippen molar-refractivity contribution in [1.29, 1.82) is 0 Å². The van der Waals surface area contributed by atoms with E-state index in [1.807, 2.05) is 66.7 Å². The van der Waals surface area contributed by atoms with Crippen LogP contribution in [0.2, 0.25) is 0 Å². The first-order chi connectivity index (χ1) is 35.8. The zero-order chi connectivity index (χ0) is 50.2. The van der Waals surface area contributed by atoms with Gasteiger partial charge in [0.2, 0.25) is 0 Å². The molecule has 6 nitrogen and oxygen atoms in total. The molecule has 1 amide bonds. The van der Waals surface area contributed by atoms with E-state index in [0.717, 1.165) is 21.9 Å². The molecule has 73 heavy (non-hydrogen) atoms. The molecule has 0 bridgehead atoms. The minimum Gasteiger partial charge on any atom is -0.872 e. The maximum atomic E-state index is 12.2.